The summed E-state index contributed by atoms with van der Waals surface area (Å²) in [4.78, 5) is 23.5. The molecule has 1 unspecified atom stereocenters. The Morgan fingerprint density at radius 2 is 1.80 bits per heavy atom. The number of ether oxygens (including phenoxy) is 3. The van der Waals surface area contributed by atoms with Crippen LogP contribution in [0, 0.1) is 0 Å². The van der Waals surface area contributed by atoms with E-state index in [0.29, 0.717) is 42.8 Å². The molecular formula is C22H24N4O4. The Hall–Kier alpha value is -3.39. The van der Waals surface area contributed by atoms with Crippen molar-refractivity contribution in [2.24, 2.45) is 7.05 Å². The molecule has 0 amide bonds. The third-order valence-electron chi connectivity index (χ3n) is 5.22. The van der Waals surface area contributed by atoms with E-state index in [1.54, 1.807) is 44.3 Å². The molecule has 1 fully saturated rings. The quantitative estimate of drug-likeness (QED) is 0.642. The van der Waals surface area contributed by atoms with Crippen LogP contribution >= 0.6 is 0 Å². The molecule has 8 heteroatoms. The van der Waals surface area contributed by atoms with E-state index < -0.39 is 0 Å². The topological polar surface area (TPSA) is 78.7 Å². The van der Waals surface area contributed by atoms with E-state index in [4.69, 9.17) is 19.2 Å². The van der Waals surface area contributed by atoms with Gasteiger partial charge in [0.1, 0.15) is 17.6 Å². The summed E-state index contributed by atoms with van der Waals surface area (Å²) >= 11 is 0. The van der Waals surface area contributed by atoms with Crippen molar-refractivity contribution in [3.8, 4) is 22.8 Å². The van der Waals surface area contributed by atoms with Gasteiger partial charge < -0.3 is 19.1 Å². The van der Waals surface area contributed by atoms with Gasteiger partial charge in [-0.1, -0.05) is 6.07 Å². The zero-order chi connectivity index (χ0) is 21.1. The molecule has 0 radical (unpaired) electrons. The molecule has 3 aromatic rings. The number of hydrogen-bond acceptors (Lipinski definition) is 7. The van der Waals surface area contributed by atoms with Crippen molar-refractivity contribution in [2.75, 3.05) is 38.8 Å². The Kier molecular flexibility index (Phi) is 5.67. The van der Waals surface area contributed by atoms with Crippen molar-refractivity contribution in [2.45, 2.75) is 6.10 Å². The lowest BCUT2D eigenvalue weighted by molar-refractivity contribution is 0.0358. The number of pyridine rings is 1. The highest BCUT2D eigenvalue weighted by Crippen LogP contribution is 2.38. The Bertz CT molecular complexity index is 1060. The lowest BCUT2D eigenvalue weighted by Crippen LogP contribution is -2.42. The summed E-state index contributed by atoms with van der Waals surface area (Å²) in [6.45, 7) is 1.62. The average molecular weight is 408 g/mol. The molecule has 0 bridgehead atoms. The Balaban J connectivity index is 1.71. The molecule has 156 valence electrons. The Labute approximate surface area is 174 Å². The summed E-state index contributed by atoms with van der Waals surface area (Å²) in [5.41, 5.74) is 2.20. The minimum atomic E-state index is -0.286. The fraction of sp³-hybridized carbons (Fsp3) is 0.318. The number of rotatable bonds is 5. The number of nitrogens with zero attached hydrogens (tertiary/aromatic N) is 4. The number of benzene rings is 1. The van der Waals surface area contributed by atoms with Crippen molar-refractivity contribution in [3.63, 3.8) is 0 Å². The third kappa shape index (κ3) is 3.73. The van der Waals surface area contributed by atoms with E-state index >= 15 is 0 Å². The standard InChI is InChI=1S/C22H24N4O4/c1-25-20(27)13-16(15-7-9-23-10-8-15)24-22(25)26-11-12-30-19(14-26)21-17(28-2)5-4-6-18(21)29-3/h4-10,13,19H,11-12,14H2,1-3H3. The van der Waals surface area contributed by atoms with Crippen molar-refractivity contribution in [1.82, 2.24) is 14.5 Å². The molecular weight excluding hydrogens is 384 g/mol. The van der Waals surface area contributed by atoms with E-state index in [1.807, 2.05) is 30.3 Å². The smallest absolute Gasteiger partial charge is 0.255 e. The van der Waals surface area contributed by atoms with Crippen molar-refractivity contribution < 1.29 is 14.2 Å². The van der Waals surface area contributed by atoms with Gasteiger partial charge in [-0.05, 0) is 24.3 Å². The highest BCUT2D eigenvalue weighted by Gasteiger charge is 2.29. The zero-order valence-electron chi connectivity index (χ0n) is 17.2. The van der Waals surface area contributed by atoms with Crippen LogP contribution in [0.1, 0.15) is 11.7 Å². The van der Waals surface area contributed by atoms with Crippen molar-refractivity contribution in [3.05, 3.63) is 64.7 Å². The van der Waals surface area contributed by atoms with Crippen LogP contribution in [0.25, 0.3) is 11.3 Å². The minimum absolute atomic E-state index is 0.121. The van der Waals surface area contributed by atoms with Crippen LogP contribution < -0.4 is 19.9 Å². The van der Waals surface area contributed by atoms with Gasteiger partial charge in [0.15, 0.2) is 0 Å². The van der Waals surface area contributed by atoms with Crippen LogP contribution in [-0.2, 0) is 11.8 Å². The highest BCUT2D eigenvalue weighted by molar-refractivity contribution is 5.59. The van der Waals surface area contributed by atoms with Gasteiger partial charge in [0.05, 0.1) is 38.6 Å². The van der Waals surface area contributed by atoms with Crippen LogP contribution in [0.3, 0.4) is 0 Å². The number of hydrogen-bond donors (Lipinski definition) is 0. The second kappa shape index (κ2) is 8.54. The maximum absolute atomic E-state index is 12.6. The molecule has 0 saturated carbocycles. The van der Waals surface area contributed by atoms with Gasteiger partial charge in [0, 0.05) is 37.6 Å². The molecule has 1 atom stereocenters. The Morgan fingerprint density at radius 3 is 2.47 bits per heavy atom. The van der Waals surface area contributed by atoms with Crippen molar-refractivity contribution >= 4 is 5.95 Å². The van der Waals surface area contributed by atoms with Gasteiger partial charge in [-0.15, -0.1) is 0 Å². The number of morpholine rings is 1. The lowest BCUT2D eigenvalue weighted by Gasteiger charge is -2.35. The molecule has 8 nitrogen and oxygen atoms in total. The minimum Gasteiger partial charge on any atom is -0.496 e. The molecule has 3 heterocycles. The van der Waals surface area contributed by atoms with Gasteiger partial charge >= 0.3 is 0 Å². The molecule has 4 rings (SSSR count). The molecule has 0 N–H and O–H groups in total. The maximum atomic E-state index is 12.6. The first-order valence-corrected chi connectivity index (χ1v) is 9.68. The fourth-order valence-corrected chi connectivity index (χ4v) is 3.68. The molecule has 2 aromatic heterocycles. The summed E-state index contributed by atoms with van der Waals surface area (Å²) in [5.74, 6) is 2.00. The first-order valence-electron chi connectivity index (χ1n) is 9.68. The third-order valence-corrected chi connectivity index (χ3v) is 5.22. The predicted octanol–water partition coefficient (Wildman–Crippen LogP) is 2.44. The Morgan fingerprint density at radius 1 is 1.10 bits per heavy atom. The van der Waals surface area contributed by atoms with E-state index in [9.17, 15) is 4.79 Å². The molecule has 1 aliphatic rings. The summed E-state index contributed by atoms with van der Waals surface area (Å²) in [6.07, 6.45) is 3.09. The van der Waals surface area contributed by atoms with E-state index in [-0.39, 0.29) is 11.7 Å². The van der Waals surface area contributed by atoms with E-state index in [0.717, 1.165) is 11.1 Å². The van der Waals surface area contributed by atoms with Gasteiger partial charge in [0.25, 0.3) is 5.56 Å². The van der Waals surface area contributed by atoms with Crippen LogP contribution in [0.2, 0.25) is 0 Å². The molecule has 1 aliphatic heterocycles. The number of methoxy groups -OCH3 is 2. The first-order chi connectivity index (χ1) is 14.6. The number of aromatic nitrogens is 3. The van der Waals surface area contributed by atoms with Crippen LogP contribution in [0.15, 0.2) is 53.6 Å². The second-order valence-corrected chi connectivity index (χ2v) is 6.96. The van der Waals surface area contributed by atoms with Gasteiger partial charge in [-0.25, -0.2) is 4.98 Å². The number of anilines is 1. The van der Waals surface area contributed by atoms with Gasteiger partial charge in [0.2, 0.25) is 5.95 Å². The first kappa shape index (κ1) is 19.9. The van der Waals surface area contributed by atoms with Gasteiger partial charge in [-0.3, -0.25) is 14.3 Å². The maximum Gasteiger partial charge on any atom is 0.255 e. The summed E-state index contributed by atoms with van der Waals surface area (Å²) < 4.78 is 18.7. The lowest BCUT2D eigenvalue weighted by atomic mass is 10.0. The summed E-state index contributed by atoms with van der Waals surface area (Å²) in [5, 5.41) is 0. The largest absolute Gasteiger partial charge is 0.496 e. The molecule has 1 aromatic carbocycles. The van der Waals surface area contributed by atoms with Crippen LogP contribution in [-0.4, -0.2) is 48.5 Å². The summed E-state index contributed by atoms with van der Waals surface area (Å²) in [6, 6.07) is 10.9. The average Bonchev–Trinajstić information content (AvgIpc) is 2.80. The van der Waals surface area contributed by atoms with E-state index in [2.05, 4.69) is 9.88 Å². The monoisotopic (exact) mass is 408 g/mol. The van der Waals surface area contributed by atoms with Gasteiger partial charge in [-0.2, -0.15) is 0 Å². The normalized spacial score (nSPS) is 16.4. The van der Waals surface area contributed by atoms with E-state index in [1.165, 1.54) is 0 Å². The van der Waals surface area contributed by atoms with Crippen molar-refractivity contribution in [1.29, 1.82) is 0 Å². The molecule has 0 aliphatic carbocycles. The fourth-order valence-electron chi connectivity index (χ4n) is 3.68. The van der Waals surface area contributed by atoms with Crippen LogP contribution in [0.5, 0.6) is 11.5 Å². The summed E-state index contributed by atoms with van der Waals surface area (Å²) in [7, 11) is 4.99. The predicted molar refractivity (Wildman–Crippen MR) is 113 cm³/mol. The zero-order valence-corrected chi connectivity index (χ0v) is 17.2. The molecule has 1 saturated heterocycles. The second-order valence-electron chi connectivity index (χ2n) is 6.96. The van der Waals surface area contributed by atoms with Crippen LogP contribution in [0.4, 0.5) is 5.95 Å². The highest BCUT2D eigenvalue weighted by atomic mass is 16.5. The SMILES string of the molecule is COc1cccc(OC)c1C1CN(c2nc(-c3ccncc3)cc(=O)n2C)CCO1. The molecule has 0 spiro atoms. The molecule has 30 heavy (non-hydrogen) atoms.